The average molecular weight is 1040 g/mol. The quantitative estimate of drug-likeness (QED) is 0.0254. The molecule has 0 unspecified atom stereocenters. The van der Waals surface area contributed by atoms with Gasteiger partial charge in [-0.3, -0.25) is 9.11 Å². The van der Waals surface area contributed by atoms with Crippen LogP contribution >= 0.6 is 0 Å². The summed E-state index contributed by atoms with van der Waals surface area (Å²) < 4.78 is 72.5. The summed E-state index contributed by atoms with van der Waals surface area (Å²) >= 11 is 0. The molecule has 0 aliphatic rings. The first-order valence-electron chi connectivity index (χ1n) is 22.0. The van der Waals surface area contributed by atoms with E-state index in [1.54, 1.807) is 0 Å². The molecule has 0 saturated carbocycles. The van der Waals surface area contributed by atoms with E-state index in [1.165, 1.54) is 48.6 Å². The summed E-state index contributed by atoms with van der Waals surface area (Å²) in [4.78, 5) is 26.3. The molecule has 22 heteroatoms. The van der Waals surface area contributed by atoms with E-state index in [9.17, 15) is 25.9 Å². The van der Waals surface area contributed by atoms with E-state index in [2.05, 4.69) is 61.8 Å². The molecule has 10 aromatic rings. The molecule has 0 atom stereocenters. The average Bonchev–Trinajstić information content (AvgIpc) is 3.36. The summed E-state index contributed by atoms with van der Waals surface area (Å²) in [5, 5.41) is 22.7. The van der Waals surface area contributed by atoms with Crippen LogP contribution in [0, 0.1) is 0 Å². The molecule has 0 spiro atoms. The second-order valence-corrected chi connectivity index (χ2v) is 18.7. The molecule has 2 aromatic heterocycles. The summed E-state index contributed by atoms with van der Waals surface area (Å²) in [6.45, 7) is 0. The molecule has 0 aliphatic carbocycles. The van der Waals surface area contributed by atoms with Crippen LogP contribution in [0.5, 0.6) is 0 Å². The number of aromatic nitrogens is 6. The van der Waals surface area contributed by atoms with Gasteiger partial charge in [-0.1, -0.05) is 133 Å². The minimum absolute atomic E-state index is 0. The molecule has 18 nitrogen and oxygen atoms in total. The molecule has 8 aromatic carbocycles. The fraction of sp³-hybridized carbons (Fsp3) is 0. The van der Waals surface area contributed by atoms with Crippen LogP contribution in [0.25, 0.3) is 33.7 Å². The molecule has 0 aliphatic heterocycles. The van der Waals surface area contributed by atoms with Gasteiger partial charge < -0.3 is 31.9 Å². The van der Waals surface area contributed by atoms with Gasteiger partial charge in [0.05, 0.1) is 0 Å². The fourth-order valence-corrected chi connectivity index (χ4v) is 9.10. The Morgan fingerprint density at radius 1 is 0.338 bits per heavy atom. The fourth-order valence-electron chi connectivity index (χ4n) is 7.68. The summed E-state index contributed by atoms with van der Waals surface area (Å²) in [6.07, 6.45) is 2.58. The Kier molecular flexibility index (Phi) is 16.6. The zero-order valence-electron chi connectivity index (χ0n) is 37.5. The zero-order chi connectivity index (χ0) is 49.7. The van der Waals surface area contributed by atoms with E-state index >= 15 is 0 Å². The van der Waals surface area contributed by atoms with Gasteiger partial charge in [-0.2, -0.15) is 46.7 Å². The van der Waals surface area contributed by atoms with Crippen molar-refractivity contribution in [3.05, 3.63) is 193 Å². The van der Waals surface area contributed by atoms with Gasteiger partial charge in [0.15, 0.2) is 0 Å². The molecule has 360 valence electrons. The van der Waals surface area contributed by atoms with E-state index in [0.717, 1.165) is 32.9 Å². The van der Waals surface area contributed by atoms with Crippen LogP contribution in [0.4, 0.5) is 69.8 Å². The Morgan fingerprint density at radius 3 is 1.01 bits per heavy atom. The van der Waals surface area contributed by atoms with Crippen LogP contribution < -0.4 is 31.9 Å². The molecule has 0 saturated heterocycles. The Hall–Kier alpha value is -7.34. The van der Waals surface area contributed by atoms with E-state index in [-0.39, 0.29) is 117 Å². The molecule has 10 rings (SSSR count). The molecule has 0 amide bonds. The third-order valence-corrected chi connectivity index (χ3v) is 12.8. The SMILES string of the molecule is O=S(=O)(O)c1cc(Nc2nc(Nc3ccccc3)nc(Nc3cccc4ccccc34)n2)ccc1C=Cc1ccc(Nc2nc(Nc3ccccc3)nc(Nc3cccc4ccccc34)n2)cc1S(=O)(=O)O.[NaH].[NaH]. The van der Waals surface area contributed by atoms with Crippen molar-refractivity contribution in [1.82, 2.24) is 29.9 Å². The van der Waals surface area contributed by atoms with Crippen molar-refractivity contribution in [3.63, 3.8) is 0 Å². The third kappa shape index (κ3) is 13.1. The van der Waals surface area contributed by atoms with Gasteiger partial charge >= 0.3 is 59.1 Å². The Labute approximate surface area is 469 Å². The molecule has 0 radical (unpaired) electrons. The molecular formula is C52H42N12Na2O6S2. The summed E-state index contributed by atoms with van der Waals surface area (Å²) in [7, 11) is -9.77. The normalized spacial score (nSPS) is 11.3. The van der Waals surface area contributed by atoms with Gasteiger partial charge in [0.2, 0.25) is 35.7 Å². The number of rotatable bonds is 16. The number of fused-ring (bicyclic) bond motifs is 2. The van der Waals surface area contributed by atoms with E-state index < -0.39 is 30.0 Å². The first-order valence-corrected chi connectivity index (χ1v) is 24.9. The monoisotopic (exact) mass is 1040 g/mol. The second-order valence-electron chi connectivity index (χ2n) is 15.9. The Bertz CT molecular complexity index is 3660. The van der Waals surface area contributed by atoms with Crippen LogP contribution in [0.3, 0.4) is 0 Å². The topological polar surface area (TPSA) is 258 Å². The van der Waals surface area contributed by atoms with Crippen LogP contribution in [0.15, 0.2) is 192 Å². The maximum absolute atomic E-state index is 12.9. The van der Waals surface area contributed by atoms with Crippen molar-refractivity contribution in [3.8, 4) is 0 Å². The van der Waals surface area contributed by atoms with Crippen molar-refractivity contribution in [2.45, 2.75) is 9.79 Å². The van der Waals surface area contributed by atoms with Crippen LogP contribution in [0.2, 0.25) is 0 Å². The summed E-state index contributed by atoms with van der Waals surface area (Å²) in [6, 6.07) is 53.8. The number of benzene rings is 8. The second kappa shape index (κ2) is 23.3. The summed E-state index contributed by atoms with van der Waals surface area (Å²) in [5.74, 6) is 0.738. The standard InChI is InChI=1S/C52H40N12O6S2.2Na.2H/c65-71(66,67)45-31-39(55-49-59-47(53-37-17-3-1-4-18-37)61-51(63-49)57-43-23-11-15-33-13-7-9-21-41(33)43)29-27-35(45)25-26-36-28-30-40(32-46(36)72(68,69)70)56-50-60-48(54-38-19-5-2-6-20-38)62-52(64-50)58-44-24-12-16-34-14-8-10-22-42(34)44;;;;/h1-32H,(H,65,66,67)(H,68,69,70)(H3,53,55,57,59,61,63)(H3,54,56,58,60,62,64);;;;. The van der Waals surface area contributed by atoms with E-state index in [1.807, 2.05) is 146 Å². The van der Waals surface area contributed by atoms with Gasteiger partial charge in [0.1, 0.15) is 9.79 Å². The van der Waals surface area contributed by atoms with Gasteiger partial charge in [0.25, 0.3) is 20.2 Å². The van der Waals surface area contributed by atoms with Crippen LogP contribution in [-0.4, -0.2) is 115 Å². The van der Waals surface area contributed by atoms with Crippen LogP contribution in [0.1, 0.15) is 11.1 Å². The molecule has 8 N–H and O–H groups in total. The van der Waals surface area contributed by atoms with Gasteiger partial charge in [-0.25, -0.2) is 0 Å². The van der Waals surface area contributed by atoms with Crippen LogP contribution in [-0.2, 0) is 20.2 Å². The summed E-state index contributed by atoms with van der Waals surface area (Å²) in [5.41, 5.74) is 3.20. The predicted molar refractivity (Wildman–Crippen MR) is 296 cm³/mol. The predicted octanol–water partition coefficient (Wildman–Crippen LogP) is 10.2. The molecule has 74 heavy (non-hydrogen) atoms. The van der Waals surface area contributed by atoms with Gasteiger partial charge in [-0.05, 0) is 82.6 Å². The third-order valence-electron chi connectivity index (χ3n) is 10.9. The van der Waals surface area contributed by atoms with Crippen molar-refractivity contribution >= 4 is 183 Å². The zero-order valence-corrected chi connectivity index (χ0v) is 39.1. The number of para-hydroxylation sites is 2. The Balaban J connectivity index is 0.00000364. The Morgan fingerprint density at radius 2 is 0.649 bits per heavy atom. The van der Waals surface area contributed by atoms with E-state index in [4.69, 9.17) is 0 Å². The number of nitrogens with zero attached hydrogens (tertiary/aromatic N) is 6. The van der Waals surface area contributed by atoms with Crippen molar-refractivity contribution < 1.29 is 25.9 Å². The van der Waals surface area contributed by atoms with Crippen molar-refractivity contribution in [2.75, 3.05) is 31.9 Å². The maximum atomic E-state index is 12.9. The molecule has 2 heterocycles. The number of hydrogen-bond donors (Lipinski definition) is 8. The van der Waals surface area contributed by atoms with Gasteiger partial charge in [-0.15, -0.1) is 0 Å². The van der Waals surface area contributed by atoms with E-state index in [0.29, 0.717) is 11.4 Å². The number of hydrogen-bond acceptors (Lipinski definition) is 16. The van der Waals surface area contributed by atoms with Crippen molar-refractivity contribution in [2.24, 2.45) is 0 Å². The van der Waals surface area contributed by atoms with Crippen molar-refractivity contribution in [1.29, 1.82) is 0 Å². The molecule has 0 bridgehead atoms. The first kappa shape index (κ1) is 53.0. The number of nitrogens with one attached hydrogen (secondary N) is 6. The minimum atomic E-state index is -4.89. The number of anilines is 12. The first-order chi connectivity index (χ1) is 34.9. The van der Waals surface area contributed by atoms with Gasteiger partial charge in [0, 0.05) is 44.9 Å². The molecule has 0 fully saturated rings. The molecular weight excluding hydrogens is 999 g/mol.